The van der Waals surface area contributed by atoms with Crippen LogP contribution >= 0.6 is 0 Å². The lowest BCUT2D eigenvalue weighted by atomic mass is 9.94. The van der Waals surface area contributed by atoms with E-state index >= 15 is 0 Å². The van der Waals surface area contributed by atoms with Crippen molar-refractivity contribution < 1.29 is 4.79 Å². The van der Waals surface area contributed by atoms with E-state index in [2.05, 4.69) is 4.98 Å². The van der Waals surface area contributed by atoms with Gasteiger partial charge in [0, 0.05) is 22.7 Å². The standard InChI is InChI=1S/C12H14N2O/c1-12(2,13)11(15)9-7-14-10-6-4-3-5-8(9)10/h3-7,14H,13H2,1-2H3. The summed E-state index contributed by atoms with van der Waals surface area (Å²) < 4.78 is 0. The average Bonchev–Trinajstić information content (AvgIpc) is 2.58. The Labute approximate surface area is 88.3 Å². The molecule has 0 unspecified atom stereocenters. The molecule has 0 radical (unpaired) electrons. The number of H-pyrrole nitrogens is 1. The first kappa shape index (κ1) is 9.93. The quantitative estimate of drug-likeness (QED) is 0.732. The molecular formula is C12H14N2O. The molecule has 2 aromatic rings. The summed E-state index contributed by atoms with van der Waals surface area (Å²) in [5.74, 6) is -0.0417. The van der Waals surface area contributed by atoms with Crippen molar-refractivity contribution >= 4 is 16.7 Å². The van der Waals surface area contributed by atoms with Crippen molar-refractivity contribution in [1.82, 2.24) is 4.98 Å². The SMILES string of the molecule is CC(C)(N)C(=O)c1c[nH]c2ccccc12. The second-order valence-electron chi connectivity index (χ2n) is 4.30. The number of aromatic amines is 1. The summed E-state index contributed by atoms with van der Waals surface area (Å²) in [7, 11) is 0. The van der Waals surface area contributed by atoms with Gasteiger partial charge in [0.15, 0.2) is 5.78 Å². The Balaban J connectivity index is 2.58. The average molecular weight is 202 g/mol. The van der Waals surface area contributed by atoms with Crippen LogP contribution in [0.1, 0.15) is 24.2 Å². The molecule has 0 aliphatic heterocycles. The highest BCUT2D eigenvalue weighted by Crippen LogP contribution is 2.21. The first-order chi connectivity index (χ1) is 7.00. The zero-order chi connectivity index (χ0) is 11.1. The first-order valence-corrected chi connectivity index (χ1v) is 4.90. The van der Waals surface area contributed by atoms with Crippen LogP contribution in [0.5, 0.6) is 0 Å². The number of benzene rings is 1. The molecule has 78 valence electrons. The van der Waals surface area contributed by atoms with Crippen molar-refractivity contribution in [2.24, 2.45) is 5.73 Å². The lowest BCUT2D eigenvalue weighted by Crippen LogP contribution is -2.41. The number of para-hydroxylation sites is 1. The van der Waals surface area contributed by atoms with Gasteiger partial charge < -0.3 is 10.7 Å². The van der Waals surface area contributed by atoms with Crippen molar-refractivity contribution in [3.05, 3.63) is 36.0 Å². The van der Waals surface area contributed by atoms with E-state index in [0.29, 0.717) is 5.56 Å². The summed E-state index contributed by atoms with van der Waals surface area (Å²) in [5, 5.41) is 0.932. The minimum Gasteiger partial charge on any atom is -0.360 e. The third-order valence-electron chi connectivity index (χ3n) is 2.42. The predicted molar refractivity (Wildman–Crippen MR) is 60.9 cm³/mol. The van der Waals surface area contributed by atoms with E-state index < -0.39 is 5.54 Å². The van der Waals surface area contributed by atoms with E-state index in [1.54, 1.807) is 20.0 Å². The van der Waals surface area contributed by atoms with Gasteiger partial charge in [-0.2, -0.15) is 0 Å². The van der Waals surface area contributed by atoms with Gasteiger partial charge in [0.25, 0.3) is 0 Å². The molecule has 3 nitrogen and oxygen atoms in total. The minimum absolute atomic E-state index is 0.0417. The Morgan fingerprint density at radius 1 is 1.33 bits per heavy atom. The molecule has 0 atom stereocenters. The van der Waals surface area contributed by atoms with Gasteiger partial charge in [-0.1, -0.05) is 18.2 Å². The summed E-state index contributed by atoms with van der Waals surface area (Å²) in [6, 6.07) is 7.71. The fraction of sp³-hybridized carbons (Fsp3) is 0.250. The number of aromatic nitrogens is 1. The van der Waals surface area contributed by atoms with Crippen LogP contribution in [-0.4, -0.2) is 16.3 Å². The third-order valence-corrected chi connectivity index (χ3v) is 2.42. The van der Waals surface area contributed by atoms with Gasteiger partial charge in [-0.15, -0.1) is 0 Å². The largest absolute Gasteiger partial charge is 0.360 e. The number of nitrogens with one attached hydrogen (secondary N) is 1. The molecule has 0 amide bonds. The Morgan fingerprint density at radius 2 is 2.00 bits per heavy atom. The van der Waals surface area contributed by atoms with Crippen LogP contribution in [-0.2, 0) is 0 Å². The molecular weight excluding hydrogens is 188 g/mol. The number of Topliss-reactive ketones (excluding diaryl/α,β-unsaturated/α-hetero) is 1. The van der Waals surface area contributed by atoms with E-state index in [9.17, 15) is 4.79 Å². The maximum Gasteiger partial charge on any atom is 0.184 e. The summed E-state index contributed by atoms with van der Waals surface area (Å²) in [6.45, 7) is 3.44. The molecule has 3 N–H and O–H groups in total. The second-order valence-corrected chi connectivity index (χ2v) is 4.30. The van der Waals surface area contributed by atoms with Gasteiger partial charge in [0.05, 0.1) is 5.54 Å². The lowest BCUT2D eigenvalue weighted by molar-refractivity contribution is 0.0915. The number of ketones is 1. The molecule has 0 saturated heterocycles. The van der Waals surface area contributed by atoms with Crippen molar-refractivity contribution in [3.63, 3.8) is 0 Å². The summed E-state index contributed by atoms with van der Waals surface area (Å²) in [6.07, 6.45) is 1.72. The highest BCUT2D eigenvalue weighted by atomic mass is 16.1. The fourth-order valence-corrected chi connectivity index (χ4v) is 1.61. The Hall–Kier alpha value is -1.61. The van der Waals surface area contributed by atoms with Crippen LogP contribution in [0.4, 0.5) is 0 Å². The van der Waals surface area contributed by atoms with Gasteiger partial charge in [0.2, 0.25) is 0 Å². The van der Waals surface area contributed by atoms with Crippen LogP contribution in [0.15, 0.2) is 30.5 Å². The Kier molecular flexibility index (Phi) is 2.12. The number of fused-ring (bicyclic) bond motifs is 1. The van der Waals surface area contributed by atoms with E-state index in [0.717, 1.165) is 10.9 Å². The normalized spacial score (nSPS) is 11.9. The fourth-order valence-electron chi connectivity index (χ4n) is 1.61. The smallest absolute Gasteiger partial charge is 0.184 e. The molecule has 0 aliphatic carbocycles. The zero-order valence-electron chi connectivity index (χ0n) is 8.87. The molecule has 0 bridgehead atoms. The van der Waals surface area contributed by atoms with Gasteiger partial charge in [-0.05, 0) is 19.9 Å². The van der Waals surface area contributed by atoms with Gasteiger partial charge in [-0.25, -0.2) is 0 Å². The molecule has 3 heteroatoms. The number of nitrogens with two attached hydrogens (primary N) is 1. The van der Waals surface area contributed by atoms with Crippen LogP contribution < -0.4 is 5.73 Å². The maximum absolute atomic E-state index is 12.0. The molecule has 1 aromatic heterocycles. The number of rotatable bonds is 2. The Morgan fingerprint density at radius 3 is 2.67 bits per heavy atom. The van der Waals surface area contributed by atoms with Gasteiger partial charge in [-0.3, -0.25) is 4.79 Å². The molecule has 0 fully saturated rings. The molecule has 0 saturated carbocycles. The topological polar surface area (TPSA) is 58.9 Å². The minimum atomic E-state index is -0.828. The van der Waals surface area contributed by atoms with E-state index in [1.807, 2.05) is 24.3 Å². The summed E-state index contributed by atoms with van der Waals surface area (Å²) in [5.41, 5.74) is 6.60. The number of carbonyl (C=O) groups is 1. The number of hydrogen-bond donors (Lipinski definition) is 2. The van der Waals surface area contributed by atoms with Crippen molar-refractivity contribution in [3.8, 4) is 0 Å². The van der Waals surface area contributed by atoms with Crippen molar-refractivity contribution in [2.75, 3.05) is 0 Å². The van der Waals surface area contributed by atoms with Crippen molar-refractivity contribution in [2.45, 2.75) is 19.4 Å². The van der Waals surface area contributed by atoms with E-state index in [4.69, 9.17) is 5.73 Å². The highest BCUT2D eigenvalue weighted by molar-refractivity contribution is 6.11. The van der Waals surface area contributed by atoms with Gasteiger partial charge in [0.1, 0.15) is 0 Å². The van der Waals surface area contributed by atoms with E-state index in [-0.39, 0.29) is 5.78 Å². The third kappa shape index (κ3) is 1.66. The number of carbonyl (C=O) groups excluding carboxylic acids is 1. The van der Waals surface area contributed by atoms with E-state index in [1.165, 1.54) is 0 Å². The lowest BCUT2D eigenvalue weighted by Gasteiger charge is -2.15. The van der Waals surface area contributed by atoms with Crippen molar-refractivity contribution in [1.29, 1.82) is 0 Å². The predicted octanol–water partition coefficient (Wildman–Crippen LogP) is 2.09. The monoisotopic (exact) mass is 202 g/mol. The van der Waals surface area contributed by atoms with Crippen LogP contribution in [0.3, 0.4) is 0 Å². The maximum atomic E-state index is 12.0. The molecule has 1 heterocycles. The van der Waals surface area contributed by atoms with Crippen LogP contribution in [0.2, 0.25) is 0 Å². The number of hydrogen-bond acceptors (Lipinski definition) is 2. The van der Waals surface area contributed by atoms with Gasteiger partial charge >= 0.3 is 0 Å². The Bertz CT molecular complexity index is 506. The second kappa shape index (κ2) is 3.21. The molecule has 0 aliphatic rings. The van der Waals surface area contributed by atoms with Crippen LogP contribution in [0.25, 0.3) is 10.9 Å². The zero-order valence-corrected chi connectivity index (χ0v) is 8.87. The molecule has 1 aromatic carbocycles. The molecule has 2 rings (SSSR count). The molecule has 0 spiro atoms. The summed E-state index contributed by atoms with van der Waals surface area (Å²) >= 11 is 0. The molecule has 15 heavy (non-hydrogen) atoms. The highest BCUT2D eigenvalue weighted by Gasteiger charge is 2.25. The van der Waals surface area contributed by atoms with Crippen LogP contribution in [0, 0.1) is 0 Å². The first-order valence-electron chi connectivity index (χ1n) is 4.90. The summed E-state index contributed by atoms with van der Waals surface area (Å²) in [4.78, 5) is 15.1.